The zero-order valence-electron chi connectivity index (χ0n) is 11.5. The molecule has 0 fully saturated rings. The fourth-order valence-corrected chi connectivity index (χ4v) is 2.64. The monoisotopic (exact) mass is 296 g/mol. The zero-order valence-corrected chi connectivity index (χ0v) is 12.3. The minimum Gasteiger partial charge on any atom is -0.463 e. The van der Waals surface area contributed by atoms with Crippen molar-refractivity contribution in [3.8, 4) is 0 Å². The molecule has 0 aromatic carbocycles. The van der Waals surface area contributed by atoms with Crippen LogP contribution in [0.5, 0.6) is 0 Å². The summed E-state index contributed by atoms with van der Waals surface area (Å²) >= 11 is 1.45. The van der Waals surface area contributed by atoms with Gasteiger partial charge in [0.25, 0.3) is 0 Å². The van der Waals surface area contributed by atoms with Crippen molar-refractivity contribution in [1.82, 2.24) is 14.8 Å². The first-order valence-electron chi connectivity index (χ1n) is 6.03. The Morgan fingerprint density at radius 3 is 2.90 bits per heavy atom. The third-order valence-corrected chi connectivity index (χ3v) is 3.56. The first-order valence-corrected chi connectivity index (χ1v) is 7.01. The summed E-state index contributed by atoms with van der Waals surface area (Å²) in [5, 5.41) is 8.61. The van der Waals surface area contributed by atoms with Crippen LogP contribution in [-0.4, -0.2) is 27.8 Å². The largest absolute Gasteiger partial charge is 0.463 e. The first-order chi connectivity index (χ1) is 9.52. The Morgan fingerprint density at radius 2 is 2.25 bits per heavy atom. The number of nitrogens with zero attached hydrogens (tertiary/aromatic N) is 3. The lowest BCUT2D eigenvalue weighted by Crippen LogP contribution is -2.06. The van der Waals surface area contributed by atoms with Crippen molar-refractivity contribution in [3.05, 3.63) is 23.7 Å². The molecule has 108 valence electrons. The quantitative estimate of drug-likeness (QED) is 0.666. The van der Waals surface area contributed by atoms with Gasteiger partial charge < -0.3 is 14.9 Å². The highest BCUT2D eigenvalue weighted by Gasteiger charge is 2.15. The number of nitrogens with two attached hydrogens (primary N) is 1. The number of rotatable bonds is 5. The van der Waals surface area contributed by atoms with Crippen LogP contribution in [0.2, 0.25) is 0 Å². The normalized spacial score (nSPS) is 11.0. The Balaban J connectivity index is 2.06. The van der Waals surface area contributed by atoms with Gasteiger partial charge in [-0.25, -0.2) is 4.79 Å². The summed E-state index contributed by atoms with van der Waals surface area (Å²) in [6.45, 7) is 4.01. The van der Waals surface area contributed by atoms with Gasteiger partial charge in [-0.1, -0.05) is 11.8 Å². The Bertz CT molecular complexity index is 606. The number of carbonyl (C=O) groups is 1. The smallest absolute Gasteiger partial charge is 0.373 e. The molecule has 2 aromatic heterocycles. The highest BCUT2D eigenvalue weighted by molar-refractivity contribution is 7.98. The lowest BCUT2D eigenvalue weighted by molar-refractivity contribution is 0.0563. The molecule has 2 N–H and O–H groups in total. The van der Waals surface area contributed by atoms with E-state index in [1.54, 1.807) is 12.1 Å². The van der Waals surface area contributed by atoms with Gasteiger partial charge in [-0.15, -0.1) is 10.2 Å². The predicted molar refractivity (Wildman–Crippen MR) is 74.4 cm³/mol. The number of esters is 1. The molecule has 2 aromatic rings. The standard InChI is InChI=1S/C12H16N4O3S/c1-7(2)16-11(13)14-15-12(16)20-6-8-4-5-9(19-8)10(17)18-3/h4-5,7H,6H2,1-3H3,(H2,13,14). The van der Waals surface area contributed by atoms with E-state index >= 15 is 0 Å². The van der Waals surface area contributed by atoms with Crippen molar-refractivity contribution < 1.29 is 13.9 Å². The molecule has 0 unspecified atom stereocenters. The minimum absolute atomic E-state index is 0.176. The van der Waals surface area contributed by atoms with Gasteiger partial charge in [-0.3, -0.25) is 4.57 Å². The molecule has 0 aliphatic heterocycles. The third-order valence-electron chi connectivity index (χ3n) is 2.60. The lowest BCUT2D eigenvalue weighted by Gasteiger charge is -2.10. The Labute approximate surface area is 120 Å². The van der Waals surface area contributed by atoms with Gasteiger partial charge in [-0.2, -0.15) is 0 Å². The fraction of sp³-hybridized carbons (Fsp3) is 0.417. The van der Waals surface area contributed by atoms with E-state index in [-0.39, 0.29) is 11.8 Å². The second kappa shape index (κ2) is 6.00. The highest BCUT2D eigenvalue weighted by Crippen LogP contribution is 2.26. The number of furan rings is 1. The van der Waals surface area contributed by atoms with Crippen molar-refractivity contribution in [3.63, 3.8) is 0 Å². The van der Waals surface area contributed by atoms with Gasteiger partial charge in [0.15, 0.2) is 5.16 Å². The number of aromatic nitrogens is 3. The molecular weight excluding hydrogens is 280 g/mol. The molecule has 20 heavy (non-hydrogen) atoms. The van der Waals surface area contributed by atoms with Gasteiger partial charge in [0, 0.05) is 6.04 Å². The van der Waals surface area contributed by atoms with Crippen molar-refractivity contribution >= 4 is 23.7 Å². The average Bonchev–Trinajstić information content (AvgIpc) is 3.02. The lowest BCUT2D eigenvalue weighted by atomic mass is 10.4. The fourth-order valence-electron chi connectivity index (χ4n) is 1.67. The molecule has 0 radical (unpaired) electrons. The second-order valence-electron chi connectivity index (χ2n) is 4.35. The maximum Gasteiger partial charge on any atom is 0.373 e. The van der Waals surface area contributed by atoms with E-state index in [0.29, 0.717) is 22.6 Å². The Kier molecular flexibility index (Phi) is 4.33. The number of carbonyl (C=O) groups excluding carboxylic acids is 1. The van der Waals surface area contributed by atoms with Crippen LogP contribution in [0, 0.1) is 0 Å². The maximum absolute atomic E-state index is 11.3. The highest BCUT2D eigenvalue weighted by atomic mass is 32.2. The van der Waals surface area contributed by atoms with Crippen molar-refractivity contribution in [2.24, 2.45) is 0 Å². The topological polar surface area (TPSA) is 96.2 Å². The van der Waals surface area contributed by atoms with Gasteiger partial charge in [0.05, 0.1) is 12.9 Å². The van der Waals surface area contributed by atoms with E-state index in [2.05, 4.69) is 14.9 Å². The van der Waals surface area contributed by atoms with E-state index in [4.69, 9.17) is 10.2 Å². The minimum atomic E-state index is -0.490. The molecule has 0 aliphatic carbocycles. The van der Waals surface area contributed by atoms with Gasteiger partial charge in [0.2, 0.25) is 11.7 Å². The predicted octanol–water partition coefficient (Wildman–Crippen LogP) is 2.11. The Morgan fingerprint density at radius 1 is 1.50 bits per heavy atom. The maximum atomic E-state index is 11.3. The molecule has 8 heteroatoms. The van der Waals surface area contributed by atoms with Crippen molar-refractivity contribution in [2.75, 3.05) is 12.8 Å². The van der Waals surface area contributed by atoms with E-state index in [1.165, 1.54) is 18.9 Å². The van der Waals surface area contributed by atoms with Crippen LogP contribution < -0.4 is 5.73 Å². The summed E-state index contributed by atoms with van der Waals surface area (Å²) in [6, 6.07) is 3.50. The van der Waals surface area contributed by atoms with E-state index in [1.807, 2.05) is 18.4 Å². The molecular formula is C12H16N4O3S. The van der Waals surface area contributed by atoms with Crippen molar-refractivity contribution in [2.45, 2.75) is 30.8 Å². The summed E-state index contributed by atoms with van der Waals surface area (Å²) < 4.78 is 11.8. The number of nitrogen functional groups attached to an aromatic ring is 1. The van der Waals surface area contributed by atoms with Crippen LogP contribution in [0.25, 0.3) is 0 Å². The van der Waals surface area contributed by atoms with Crippen LogP contribution in [0.1, 0.15) is 36.2 Å². The summed E-state index contributed by atoms with van der Waals surface area (Å²) in [5.41, 5.74) is 5.76. The number of anilines is 1. The van der Waals surface area contributed by atoms with Crippen molar-refractivity contribution in [1.29, 1.82) is 0 Å². The SMILES string of the molecule is COC(=O)c1ccc(CSc2nnc(N)n2C(C)C)o1. The van der Waals surface area contributed by atoms with E-state index < -0.39 is 5.97 Å². The molecule has 2 rings (SSSR count). The molecule has 0 spiro atoms. The molecule has 2 heterocycles. The summed E-state index contributed by atoms with van der Waals surface area (Å²) in [5.74, 6) is 1.27. The van der Waals surface area contributed by atoms with E-state index in [0.717, 1.165) is 0 Å². The molecule has 0 saturated carbocycles. The molecule has 7 nitrogen and oxygen atoms in total. The average molecular weight is 296 g/mol. The first kappa shape index (κ1) is 14.4. The molecule has 0 aliphatic rings. The number of hydrogen-bond donors (Lipinski definition) is 1. The number of thioether (sulfide) groups is 1. The zero-order chi connectivity index (χ0) is 14.7. The van der Waals surface area contributed by atoms with Gasteiger partial charge in [0.1, 0.15) is 5.76 Å². The van der Waals surface area contributed by atoms with E-state index in [9.17, 15) is 4.79 Å². The number of ether oxygens (including phenoxy) is 1. The van der Waals surface area contributed by atoms with Crippen LogP contribution in [-0.2, 0) is 10.5 Å². The van der Waals surface area contributed by atoms with Crippen LogP contribution in [0.15, 0.2) is 21.7 Å². The van der Waals surface area contributed by atoms with Crippen LogP contribution in [0.3, 0.4) is 0 Å². The number of methoxy groups -OCH3 is 1. The Hall–Kier alpha value is -1.96. The van der Waals surface area contributed by atoms with Crippen LogP contribution >= 0.6 is 11.8 Å². The molecule has 0 amide bonds. The van der Waals surface area contributed by atoms with Gasteiger partial charge >= 0.3 is 5.97 Å². The molecule has 0 bridgehead atoms. The number of hydrogen-bond acceptors (Lipinski definition) is 7. The summed E-state index contributed by atoms with van der Waals surface area (Å²) in [7, 11) is 1.31. The summed E-state index contributed by atoms with van der Waals surface area (Å²) in [6.07, 6.45) is 0. The third kappa shape index (κ3) is 2.96. The molecule has 0 atom stereocenters. The second-order valence-corrected chi connectivity index (χ2v) is 5.29. The van der Waals surface area contributed by atoms with Gasteiger partial charge in [-0.05, 0) is 26.0 Å². The van der Waals surface area contributed by atoms with Crippen LogP contribution in [0.4, 0.5) is 5.95 Å². The summed E-state index contributed by atoms with van der Waals surface area (Å²) in [4.78, 5) is 11.3. The molecule has 0 saturated heterocycles.